The van der Waals surface area contributed by atoms with Crippen molar-refractivity contribution in [2.75, 3.05) is 33.4 Å². The van der Waals surface area contributed by atoms with Gasteiger partial charge in [-0.15, -0.1) is 0 Å². The van der Waals surface area contributed by atoms with Gasteiger partial charge in [0.15, 0.2) is 0 Å². The molecular formula is C14H30N2O. The molecule has 1 aliphatic rings. The van der Waals surface area contributed by atoms with Crippen molar-refractivity contribution in [3.8, 4) is 0 Å². The molecule has 17 heavy (non-hydrogen) atoms. The van der Waals surface area contributed by atoms with Crippen molar-refractivity contribution >= 4 is 0 Å². The van der Waals surface area contributed by atoms with Crippen molar-refractivity contribution in [2.24, 2.45) is 11.1 Å². The third-order valence-electron chi connectivity index (χ3n) is 4.57. The lowest BCUT2D eigenvalue weighted by atomic mass is 9.66. The molecule has 1 fully saturated rings. The maximum absolute atomic E-state index is 5.92. The van der Waals surface area contributed by atoms with E-state index in [1.165, 1.54) is 38.6 Å². The molecule has 1 saturated carbocycles. The van der Waals surface area contributed by atoms with Crippen LogP contribution in [0.25, 0.3) is 0 Å². The zero-order valence-electron chi connectivity index (χ0n) is 11.9. The molecule has 0 aromatic heterocycles. The molecule has 102 valence electrons. The number of hydrogen-bond acceptors (Lipinski definition) is 3. The van der Waals surface area contributed by atoms with Crippen LogP contribution in [0.15, 0.2) is 0 Å². The standard InChI is InChI=1S/C14H30N2O/c1-4-13(2)16(10-11-17-3)9-8-14(12-15)6-5-7-14/h13H,4-12,15H2,1-3H3. The predicted octanol–water partition coefficient (Wildman–Crippen LogP) is 2.25. The molecule has 0 spiro atoms. The van der Waals surface area contributed by atoms with E-state index < -0.39 is 0 Å². The summed E-state index contributed by atoms with van der Waals surface area (Å²) in [5, 5.41) is 0. The maximum Gasteiger partial charge on any atom is 0.0589 e. The van der Waals surface area contributed by atoms with E-state index >= 15 is 0 Å². The molecule has 0 aromatic carbocycles. The lowest BCUT2D eigenvalue weighted by Gasteiger charge is -2.43. The molecule has 0 heterocycles. The third kappa shape index (κ3) is 4.23. The van der Waals surface area contributed by atoms with Crippen LogP contribution in [0.1, 0.15) is 46.0 Å². The largest absolute Gasteiger partial charge is 0.383 e. The van der Waals surface area contributed by atoms with E-state index in [4.69, 9.17) is 10.5 Å². The zero-order chi connectivity index (χ0) is 12.7. The SMILES string of the molecule is CCC(C)N(CCOC)CCC1(CN)CCC1. The lowest BCUT2D eigenvalue weighted by Crippen LogP contribution is -2.43. The van der Waals surface area contributed by atoms with Crippen LogP contribution < -0.4 is 5.73 Å². The molecule has 1 rings (SSSR count). The summed E-state index contributed by atoms with van der Waals surface area (Å²) in [6.45, 7) is 8.49. The van der Waals surface area contributed by atoms with E-state index in [0.29, 0.717) is 11.5 Å². The quantitative estimate of drug-likeness (QED) is 0.674. The normalized spacial score (nSPS) is 20.3. The summed E-state index contributed by atoms with van der Waals surface area (Å²) < 4.78 is 5.20. The highest BCUT2D eigenvalue weighted by molar-refractivity contribution is 4.89. The van der Waals surface area contributed by atoms with Gasteiger partial charge in [0.25, 0.3) is 0 Å². The van der Waals surface area contributed by atoms with Crippen molar-refractivity contribution in [2.45, 2.75) is 52.0 Å². The Kier molecular flexibility index (Phi) is 6.45. The fraction of sp³-hybridized carbons (Fsp3) is 1.00. The van der Waals surface area contributed by atoms with E-state index in [1.54, 1.807) is 7.11 Å². The summed E-state index contributed by atoms with van der Waals surface area (Å²) >= 11 is 0. The molecule has 0 aliphatic heterocycles. The summed E-state index contributed by atoms with van der Waals surface area (Å²) in [7, 11) is 1.78. The number of nitrogens with two attached hydrogens (primary N) is 1. The van der Waals surface area contributed by atoms with Crippen LogP contribution in [0.5, 0.6) is 0 Å². The van der Waals surface area contributed by atoms with Crippen molar-refractivity contribution in [1.82, 2.24) is 4.90 Å². The van der Waals surface area contributed by atoms with Crippen molar-refractivity contribution < 1.29 is 4.74 Å². The Bertz CT molecular complexity index is 199. The van der Waals surface area contributed by atoms with Gasteiger partial charge in [0.2, 0.25) is 0 Å². The van der Waals surface area contributed by atoms with E-state index in [2.05, 4.69) is 18.7 Å². The first-order valence-corrected chi connectivity index (χ1v) is 7.10. The first-order valence-electron chi connectivity index (χ1n) is 7.10. The molecule has 2 N–H and O–H groups in total. The minimum atomic E-state index is 0.471. The second kappa shape index (κ2) is 7.34. The number of nitrogens with zero attached hydrogens (tertiary/aromatic N) is 1. The van der Waals surface area contributed by atoms with Gasteiger partial charge in [-0.2, -0.15) is 0 Å². The predicted molar refractivity (Wildman–Crippen MR) is 73.2 cm³/mol. The van der Waals surface area contributed by atoms with Gasteiger partial charge in [-0.1, -0.05) is 13.3 Å². The molecule has 0 saturated heterocycles. The molecule has 3 heteroatoms. The molecule has 1 atom stereocenters. The van der Waals surface area contributed by atoms with Crippen LogP contribution in [0, 0.1) is 5.41 Å². The topological polar surface area (TPSA) is 38.5 Å². The maximum atomic E-state index is 5.92. The molecule has 0 bridgehead atoms. The summed E-state index contributed by atoms with van der Waals surface area (Å²) in [5.74, 6) is 0. The Morgan fingerprint density at radius 2 is 2.06 bits per heavy atom. The lowest BCUT2D eigenvalue weighted by molar-refractivity contribution is 0.0759. The number of hydrogen-bond donors (Lipinski definition) is 1. The summed E-state index contributed by atoms with van der Waals surface area (Å²) in [6, 6.07) is 0.653. The first-order chi connectivity index (χ1) is 8.17. The Morgan fingerprint density at radius 3 is 2.47 bits per heavy atom. The monoisotopic (exact) mass is 242 g/mol. The van der Waals surface area contributed by atoms with E-state index in [-0.39, 0.29) is 0 Å². The van der Waals surface area contributed by atoms with Gasteiger partial charge in [-0.3, -0.25) is 4.90 Å². The van der Waals surface area contributed by atoms with Gasteiger partial charge >= 0.3 is 0 Å². The van der Waals surface area contributed by atoms with Crippen LogP contribution in [0.3, 0.4) is 0 Å². The highest BCUT2D eigenvalue weighted by Crippen LogP contribution is 2.43. The number of methoxy groups -OCH3 is 1. The second-order valence-electron chi connectivity index (χ2n) is 5.59. The Labute approximate surface area is 107 Å². The second-order valence-corrected chi connectivity index (χ2v) is 5.59. The van der Waals surface area contributed by atoms with Crippen LogP contribution >= 0.6 is 0 Å². The van der Waals surface area contributed by atoms with Crippen LogP contribution in [0.2, 0.25) is 0 Å². The average molecular weight is 242 g/mol. The fourth-order valence-electron chi connectivity index (χ4n) is 2.63. The summed E-state index contributed by atoms with van der Waals surface area (Å²) in [6.07, 6.45) is 6.51. The molecule has 0 aromatic rings. The van der Waals surface area contributed by atoms with Gasteiger partial charge in [-0.25, -0.2) is 0 Å². The smallest absolute Gasteiger partial charge is 0.0589 e. The molecule has 1 aliphatic carbocycles. The molecule has 1 unspecified atom stereocenters. The first kappa shape index (κ1) is 14.9. The zero-order valence-corrected chi connectivity index (χ0v) is 11.9. The van der Waals surface area contributed by atoms with E-state index in [0.717, 1.165) is 19.7 Å². The van der Waals surface area contributed by atoms with Gasteiger partial charge in [0.05, 0.1) is 6.61 Å². The third-order valence-corrected chi connectivity index (χ3v) is 4.57. The van der Waals surface area contributed by atoms with Gasteiger partial charge in [-0.05, 0) is 51.1 Å². The van der Waals surface area contributed by atoms with E-state index in [9.17, 15) is 0 Å². The minimum Gasteiger partial charge on any atom is -0.383 e. The van der Waals surface area contributed by atoms with Gasteiger partial charge in [0.1, 0.15) is 0 Å². The Balaban J connectivity index is 2.36. The van der Waals surface area contributed by atoms with Gasteiger partial charge < -0.3 is 10.5 Å². The Hall–Kier alpha value is -0.120. The molecular weight excluding hydrogens is 212 g/mol. The Morgan fingerprint density at radius 1 is 1.35 bits per heavy atom. The van der Waals surface area contributed by atoms with Crippen molar-refractivity contribution in [1.29, 1.82) is 0 Å². The summed E-state index contributed by atoms with van der Waals surface area (Å²) in [4.78, 5) is 2.55. The number of ether oxygens (including phenoxy) is 1. The molecule has 3 nitrogen and oxygen atoms in total. The van der Waals surface area contributed by atoms with Crippen LogP contribution in [-0.4, -0.2) is 44.3 Å². The van der Waals surface area contributed by atoms with Gasteiger partial charge in [0, 0.05) is 19.7 Å². The van der Waals surface area contributed by atoms with E-state index in [1.807, 2.05) is 0 Å². The fourth-order valence-corrected chi connectivity index (χ4v) is 2.63. The highest BCUT2D eigenvalue weighted by atomic mass is 16.5. The van der Waals surface area contributed by atoms with Crippen LogP contribution in [0.4, 0.5) is 0 Å². The highest BCUT2D eigenvalue weighted by Gasteiger charge is 2.35. The minimum absolute atomic E-state index is 0.471. The van der Waals surface area contributed by atoms with Crippen molar-refractivity contribution in [3.63, 3.8) is 0 Å². The number of rotatable bonds is 9. The van der Waals surface area contributed by atoms with Crippen molar-refractivity contribution in [3.05, 3.63) is 0 Å². The molecule has 0 radical (unpaired) electrons. The summed E-state index contributed by atoms with van der Waals surface area (Å²) in [5.41, 5.74) is 6.39. The molecule has 0 amide bonds. The van der Waals surface area contributed by atoms with Crippen LogP contribution in [-0.2, 0) is 4.74 Å². The average Bonchev–Trinajstić information content (AvgIpc) is 2.31.